The molecule has 2 N–H and O–H groups in total. The van der Waals surface area contributed by atoms with Crippen LogP contribution >= 0.6 is 0 Å². The van der Waals surface area contributed by atoms with E-state index >= 15 is 0 Å². The van der Waals surface area contributed by atoms with Gasteiger partial charge in [-0.05, 0) is 12.1 Å². The molecule has 0 fully saturated rings. The number of nitrogens with one attached hydrogen (secondary N) is 2. The molecule has 0 aliphatic heterocycles. The van der Waals surface area contributed by atoms with Gasteiger partial charge in [-0.15, -0.1) is 0 Å². The summed E-state index contributed by atoms with van der Waals surface area (Å²) in [4.78, 5) is 20.1. The van der Waals surface area contributed by atoms with Gasteiger partial charge >= 0.3 is 5.97 Å². The second-order valence-corrected chi connectivity index (χ2v) is 4.27. The molecule has 106 valence electrons. The summed E-state index contributed by atoms with van der Waals surface area (Å²) < 4.78 is 5.22. The Kier molecular flexibility index (Phi) is 3.72. The van der Waals surface area contributed by atoms with Crippen molar-refractivity contribution in [2.45, 2.75) is 0 Å². The third kappa shape index (κ3) is 2.97. The third-order valence-corrected chi connectivity index (χ3v) is 2.88. The number of benzene rings is 1. The number of nitrogens with zero attached hydrogens (tertiary/aromatic N) is 3. The number of carbonyl (C=O) groups is 1. The molecule has 0 saturated carbocycles. The van der Waals surface area contributed by atoms with E-state index in [-0.39, 0.29) is 12.6 Å². The first kappa shape index (κ1) is 13.0. The van der Waals surface area contributed by atoms with Crippen LogP contribution in [0.2, 0.25) is 0 Å². The molecule has 7 nitrogen and oxygen atoms in total. The van der Waals surface area contributed by atoms with Gasteiger partial charge < -0.3 is 10.1 Å². The number of carbonyl (C=O) groups excluding carboxylic acids is 1. The zero-order chi connectivity index (χ0) is 14.5. The van der Waals surface area contributed by atoms with Gasteiger partial charge in [-0.1, -0.05) is 12.1 Å². The average Bonchev–Trinajstić information content (AvgIpc) is 3.01. The third-order valence-electron chi connectivity index (χ3n) is 2.88. The van der Waals surface area contributed by atoms with Crippen molar-refractivity contribution in [1.82, 2.24) is 20.2 Å². The van der Waals surface area contributed by atoms with Gasteiger partial charge in [-0.2, -0.15) is 5.10 Å². The molecule has 2 aromatic heterocycles. The Hall–Kier alpha value is -2.96. The molecule has 0 spiro atoms. The van der Waals surface area contributed by atoms with Gasteiger partial charge in [0.2, 0.25) is 5.95 Å². The van der Waals surface area contributed by atoms with E-state index in [9.17, 15) is 4.79 Å². The highest BCUT2D eigenvalue weighted by molar-refractivity contribution is 6.02. The molecule has 0 saturated heterocycles. The largest absolute Gasteiger partial charge is 0.460 e. The Morgan fingerprint density at radius 1 is 1.24 bits per heavy atom. The summed E-state index contributed by atoms with van der Waals surface area (Å²) in [7, 11) is 0. The number of aromatic amines is 1. The van der Waals surface area contributed by atoms with Crippen molar-refractivity contribution in [2.24, 2.45) is 0 Å². The molecule has 0 atom stereocenters. The van der Waals surface area contributed by atoms with E-state index in [1.54, 1.807) is 36.8 Å². The number of anilines is 1. The lowest BCUT2D eigenvalue weighted by atomic mass is 10.1. The molecule has 0 bridgehead atoms. The topological polar surface area (TPSA) is 92.8 Å². The zero-order valence-corrected chi connectivity index (χ0v) is 11.1. The van der Waals surface area contributed by atoms with Gasteiger partial charge in [0.05, 0.1) is 23.8 Å². The van der Waals surface area contributed by atoms with E-state index in [2.05, 4.69) is 25.5 Å². The molecule has 3 rings (SSSR count). The molecule has 2 heterocycles. The monoisotopic (exact) mass is 283 g/mol. The van der Waals surface area contributed by atoms with E-state index in [0.29, 0.717) is 23.6 Å². The maximum absolute atomic E-state index is 12.0. The van der Waals surface area contributed by atoms with Gasteiger partial charge in [0.1, 0.15) is 6.61 Å². The fourth-order valence-corrected chi connectivity index (χ4v) is 1.91. The van der Waals surface area contributed by atoms with E-state index in [0.717, 1.165) is 5.39 Å². The maximum Gasteiger partial charge on any atom is 0.340 e. The van der Waals surface area contributed by atoms with E-state index in [4.69, 9.17) is 4.74 Å². The van der Waals surface area contributed by atoms with Gasteiger partial charge in [0.25, 0.3) is 0 Å². The first-order valence-electron chi connectivity index (χ1n) is 6.45. The van der Waals surface area contributed by atoms with Crippen molar-refractivity contribution in [3.05, 3.63) is 48.4 Å². The normalized spacial score (nSPS) is 10.5. The summed E-state index contributed by atoms with van der Waals surface area (Å²) in [5.74, 6) is 0.116. The van der Waals surface area contributed by atoms with Crippen molar-refractivity contribution in [3.63, 3.8) is 0 Å². The lowest BCUT2D eigenvalue weighted by molar-refractivity contribution is 0.0522. The van der Waals surface area contributed by atoms with Crippen LogP contribution in [0.4, 0.5) is 5.95 Å². The standard InChI is InChI=1S/C14H13N5O2/c20-13(11-4-1-3-10-9-18-19-12(10)11)21-8-7-17-14-15-5-2-6-16-14/h1-6,9H,7-8H2,(H,18,19)(H,15,16,17). The molecule has 0 aliphatic carbocycles. The number of rotatable bonds is 5. The summed E-state index contributed by atoms with van der Waals surface area (Å²) in [5, 5.41) is 10.6. The number of hydrogen-bond donors (Lipinski definition) is 2. The van der Waals surface area contributed by atoms with E-state index in [1.807, 2.05) is 6.07 Å². The van der Waals surface area contributed by atoms with Crippen molar-refractivity contribution in [3.8, 4) is 0 Å². The molecule has 21 heavy (non-hydrogen) atoms. The number of para-hydroxylation sites is 1. The highest BCUT2D eigenvalue weighted by atomic mass is 16.5. The molecule has 0 aliphatic rings. The maximum atomic E-state index is 12.0. The van der Waals surface area contributed by atoms with E-state index < -0.39 is 0 Å². The number of aromatic nitrogens is 4. The van der Waals surface area contributed by atoms with Crippen molar-refractivity contribution in [2.75, 3.05) is 18.5 Å². The Balaban J connectivity index is 1.56. The van der Waals surface area contributed by atoms with E-state index in [1.165, 1.54) is 0 Å². The van der Waals surface area contributed by atoms with Gasteiger partial charge in [-0.25, -0.2) is 14.8 Å². The molecule has 3 aromatic rings. The van der Waals surface area contributed by atoms with Crippen LogP contribution in [0.3, 0.4) is 0 Å². The molecule has 0 unspecified atom stereocenters. The van der Waals surface area contributed by atoms with Crippen molar-refractivity contribution < 1.29 is 9.53 Å². The van der Waals surface area contributed by atoms with Crippen LogP contribution in [0.15, 0.2) is 42.9 Å². The Bertz CT molecular complexity index is 741. The smallest absolute Gasteiger partial charge is 0.340 e. The summed E-state index contributed by atoms with van der Waals surface area (Å²) >= 11 is 0. The first-order chi connectivity index (χ1) is 10.3. The second-order valence-electron chi connectivity index (χ2n) is 4.27. The summed E-state index contributed by atoms with van der Waals surface area (Å²) in [6.45, 7) is 0.663. The quantitative estimate of drug-likeness (QED) is 0.546. The van der Waals surface area contributed by atoms with Crippen LogP contribution < -0.4 is 5.32 Å². The van der Waals surface area contributed by atoms with Gasteiger partial charge in [0, 0.05) is 17.8 Å². The molecular formula is C14H13N5O2. The minimum atomic E-state index is -0.388. The van der Waals surface area contributed by atoms with Crippen LogP contribution in [-0.4, -0.2) is 39.3 Å². The minimum Gasteiger partial charge on any atom is -0.460 e. The van der Waals surface area contributed by atoms with Crippen molar-refractivity contribution >= 4 is 22.8 Å². The molecule has 0 amide bonds. The Labute approximate surface area is 120 Å². The molecule has 1 aromatic carbocycles. The summed E-state index contributed by atoms with van der Waals surface area (Å²) in [6, 6.07) is 7.11. The molecular weight excluding hydrogens is 270 g/mol. The van der Waals surface area contributed by atoms with Crippen LogP contribution in [0.25, 0.3) is 10.9 Å². The number of hydrogen-bond acceptors (Lipinski definition) is 6. The zero-order valence-electron chi connectivity index (χ0n) is 11.1. The summed E-state index contributed by atoms with van der Waals surface area (Å²) in [6.07, 6.45) is 4.95. The van der Waals surface area contributed by atoms with Gasteiger partial charge in [0.15, 0.2) is 0 Å². The Morgan fingerprint density at radius 2 is 2.10 bits per heavy atom. The number of H-pyrrole nitrogens is 1. The fourth-order valence-electron chi connectivity index (χ4n) is 1.91. The second kappa shape index (κ2) is 6.00. The highest BCUT2D eigenvalue weighted by Gasteiger charge is 2.12. The number of ether oxygens (including phenoxy) is 1. The fraction of sp³-hybridized carbons (Fsp3) is 0.143. The summed E-state index contributed by atoms with van der Waals surface area (Å²) in [5.41, 5.74) is 1.16. The highest BCUT2D eigenvalue weighted by Crippen LogP contribution is 2.16. The van der Waals surface area contributed by atoms with Gasteiger partial charge in [-0.3, -0.25) is 5.10 Å². The Morgan fingerprint density at radius 3 is 2.95 bits per heavy atom. The van der Waals surface area contributed by atoms with Crippen LogP contribution in [0.1, 0.15) is 10.4 Å². The average molecular weight is 283 g/mol. The number of esters is 1. The van der Waals surface area contributed by atoms with Crippen molar-refractivity contribution in [1.29, 1.82) is 0 Å². The van der Waals surface area contributed by atoms with Crippen LogP contribution in [0, 0.1) is 0 Å². The molecule has 0 radical (unpaired) electrons. The minimum absolute atomic E-state index is 0.224. The van der Waals surface area contributed by atoms with Crippen LogP contribution in [0.5, 0.6) is 0 Å². The SMILES string of the molecule is O=C(OCCNc1ncccn1)c1cccc2cn[nH]c12. The first-order valence-corrected chi connectivity index (χ1v) is 6.45. The lowest BCUT2D eigenvalue weighted by Crippen LogP contribution is -2.15. The number of fused-ring (bicyclic) bond motifs is 1. The predicted molar refractivity (Wildman–Crippen MR) is 76.9 cm³/mol. The lowest BCUT2D eigenvalue weighted by Gasteiger charge is -2.06. The predicted octanol–water partition coefficient (Wildman–Crippen LogP) is 1.62. The van der Waals surface area contributed by atoms with Crippen LogP contribution in [-0.2, 0) is 4.74 Å². The molecule has 7 heteroatoms.